The van der Waals surface area contributed by atoms with E-state index in [1.165, 1.54) is 24.6 Å². The van der Waals surface area contributed by atoms with Crippen molar-refractivity contribution in [3.8, 4) is 11.8 Å². The highest BCUT2D eigenvalue weighted by molar-refractivity contribution is 6.59. The summed E-state index contributed by atoms with van der Waals surface area (Å²) in [5, 5.41) is 8.76. The van der Waals surface area contributed by atoms with Gasteiger partial charge in [-0.05, 0) is 43.0 Å². The molecule has 118 valence electrons. The van der Waals surface area contributed by atoms with Gasteiger partial charge in [-0.15, -0.1) is 0 Å². The molecule has 0 aromatic heterocycles. The summed E-state index contributed by atoms with van der Waals surface area (Å²) < 4.78 is 5.45. The van der Waals surface area contributed by atoms with Gasteiger partial charge in [0.15, 0.2) is 0 Å². The lowest BCUT2D eigenvalue weighted by Crippen LogP contribution is -2.28. The summed E-state index contributed by atoms with van der Waals surface area (Å²) in [5.74, 6) is 1.31. The van der Waals surface area contributed by atoms with Gasteiger partial charge in [0.25, 0.3) is 0 Å². The fourth-order valence-electron chi connectivity index (χ4n) is 3.05. The fraction of sp³-hybridized carbons (Fsp3) is 0.556. The Kier molecular flexibility index (Phi) is 6.20. The third-order valence-corrected chi connectivity index (χ3v) is 7.98. The van der Waals surface area contributed by atoms with Crippen LogP contribution in [0.15, 0.2) is 24.3 Å². The first kappa shape index (κ1) is 16.8. The van der Waals surface area contributed by atoms with Gasteiger partial charge >= 0.3 is 5.97 Å². The van der Waals surface area contributed by atoms with Crippen LogP contribution >= 0.6 is 0 Å². The van der Waals surface area contributed by atoms with Crippen molar-refractivity contribution >= 4 is 14.8 Å². The van der Waals surface area contributed by atoms with Gasteiger partial charge in [0.2, 0.25) is 0 Å². The molecule has 4 heteroatoms. The summed E-state index contributed by atoms with van der Waals surface area (Å²) in [6, 6.07) is 12.8. The highest BCUT2D eigenvalue weighted by Gasteiger charge is 2.28. The first-order valence-electron chi connectivity index (χ1n) is 8.30. The van der Waals surface area contributed by atoms with Gasteiger partial charge in [0, 0.05) is 8.80 Å². The lowest BCUT2D eigenvalue weighted by atomic mass is 10.0. The van der Waals surface area contributed by atoms with Crippen molar-refractivity contribution in [3.05, 3.63) is 29.8 Å². The molecule has 0 N–H and O–H groups in total. The van der Waals surface area contributed by atoms with Crippen molar-refractivity contribution in [2.24, 2.45) is 11.8 Å². The minimum atomic E-state index is -0.602. The second-order valence-electron chi connectivity index (χ2n) is 6.75. The van der Waals surface area contributed by atoms with E-state index in [9.17, 15) is 4.79 Å². The number of carbonyl (C=O) groups excluding carboxylic acids is 1. The molecule has 1 aliphatic heterocycles. The Bertz CT molecular complexity index is 525. The second-order valence-corrected chi connectivity index (χ2v) is 10.2. The predicted molar refractivity (Wildman–Crippen MR) is 90.5 cm³/mol. The highest BCUT2D eigenvalue weighted by atomic mass is 28.3. The average molecular weight is 315 g/mol. The van der Waals surface area contributed by atoms with Crippen LogP contribution in [-0.2, 0) is 4.79 Å². The van der Waals surface area contributed by atoms with E-state index in [-0.39, 0.29) is 11.9 Å². The van der Waals surface area contributed by atoms with E-state index in [2.05, 4.69) is 19.9 Å². The summed E-state index contributed by atoms with van der Waals surface area (Å²) in [6.07, 6.45) is 3.35. The lowest BCUT2D eigenvalue weighted by molar-refractivity contribution is -0.139. The van der Waals surface area contributed by atoms with Gasteiger partial charge in [-0.1, -0.05) is 38.4 Å². The van der Waals surface area contributed by atoms with Crippen molar-refractivity contribution in [1.82, 2.24) is 0 Å². The second kappa shape index (κ2) is 8.14. The molecule has 1 fully saturated rings. The molecule has 1 aliphatic rings. The van der Waals surface area contributed by atoms with Crippen LogP contribution < -0.4 is 4.74 Å². The van der Waals surface area contributed by atoms with E-state index < -0.39 is 8.80 Å². The quantitative estimate of drug-likeness (QED) is 0.466. The van der Waals surface area contributed by atoms with Gasteiger partial charge < -0.3 is 4.74 Å². The Labute approximate surface area is 134 Å². The standard InChI is InChI=1S/C18H25NO2Si/c1-14(2)7-10-22-11-8-16(9-12-22)18(20)21-17-5-3-15(13-19)4-6-17/h3-6,14,16,22H,7-12H2,1-2H3. The van der Waals surface area contributed by atoms with Crippen molar-refractivity contribution in [3.63, 3.8) is 0 Å². The minimum absolute atomic E-state index is 0.0680. The van der Waals surface area contributed by atoms with E-state index >= 15 is 0 Å². The Balaban J connectivity index is 1.78. The third-order valence-electron chi connectivity index (χ3n) is 4.53. The Morgan fingerprint density at radius 2 is 1.95 bits per heavy atom. The molecule has 0 unspecified atom stereocenters. The van der Waals surface area contributed by atoms with E-state index in [1.54, 1.807) is 24.3 Å². The molecule has 0 radical (unpaired) electrons. The lowest BCUT2D eigenvalue weighted by Gasteiger charge is -2.26. The summed E-state index contributed by atoms with van der Waals surface area (Å²) in [4.78, 5) is 12.2. The number of ether oxygens (including phenoxy) is 1. The predicted octanol–water partition coefficient (Wildman–Crippen LogP) is 4.15. The molecule has 3 nitrogen and oxygen atoms in total. The van der Waals surface area contributed by atoms with Crippen LogP contribution in [0.25, 0.3) is 0 Å². The normalized spacial score (nSPS) is 21.4. The molecule has 2 rings (SSSR count). The van der Waals surface area contributed by atoms with Crippen molar-refractivity contribution in [2.45, 2.75) is 51.2 Å². The van der Waals surface area contributed by atoms with Crippen LogP contribution in [0.1, 0.15) is 38.7 Å². The van der Waals surface area contributed by atoms with Crippen molar-refractivity contribution in [1.29, 1.82) is 5.26 Å². The fourth-order valence-corrected chi connectivity index (χ4v) is 6.80. The maximum atomic E-state index is 12.2. The van der Waals surface area contributed by atoms with E-state index in [4.69, 9.17) is 10.00 Å². The number of esters is 1. The monoisotopic (exact) mass is 315 g/mol. The molecule has 1 heterocycles. The molecule has 0 aliphatic carbocycles. The van der Waals surface area contributed by atoms with Crippen molar-refractivity contribution < 1.29 is 9.53 Å². The first-order valence-corrected chi connectivity index (χ1v) is 10.7. The van der Waals surface area contributed by atoms with Gasteiger partial charge in [-0.25, -0.2) is 0 Å². The number of nitrogens with zero attached hydrogens (tertiary/aromatic N) is 1. The molecule has 0 amide bonds. The molecule has 0 saturated carbocycles. The maximum absolute atomic E-state index is 12.2. The van der Waals surface area contributed by atoms with Crippen molar-refractivity contribution in [2.75, 3.05) is 0 Å². The highest BCUT2D eigenvalue weighted by Crippen LogP contribution is 2.30. The Hall–Kier alpha value is -1.60. The summed E-state index contributed by atoms with van der Waals surface area (Å²) in [5.41, 5.74) is 0.580. The maximum Gasteiger partial charge on any atom is 0.314 e. The molecule has 1 aromatic rings. The van der Waals surface area contributed by atoms with E-state index in [1.807, 2.05) is 0 Å². The number of nitriles is 1. The summed E-state index contributed by atoms with van der Waals surface area (Å²) >= 11 is 0. The zero-order valence-corrected chi connectivity index (χ0v) is 14.7. The zero-order chi connectivity index (χ0) is 15.9. The van der Waals surface area contributed by atoms with Gasteiger partial charge in [0.05, 0.1) is 17.6 Å². The molecular weight excluding hydrogens is 290 g/mol. The van der Waals surface area contributed by atoms with Gasteiger partial charge in [-0.2, -0.15) is 5.26 Å². The van der Waals surface area contributed by atoms with Crippen LogP contribution in [0, 0.1) is 23.2 Å². The molecule has 0 bridgehead atoms. The molecule has 0 atom stereocenters. The number of carbonyl (C=O) groups is 1. The number of benzene rings is 1. The Morgan fingerprint density at radius 1 is 1.32 bits per heavy atom. The van der Waals surface area contributed by atoms with Gasteiger partial charge in [0.1, 0.15) is 5.75 Å². The molecule has 1 aromatic carbocycles. The van der Waals surface area contributed by atoms with Crippen LogP contribution in [-0.4, -0.2) is 14.8 Å². The molecule has 22 heavy (non-hydrogen) atoms. The molecule has 1 saturated heterocycles. The SMILES string of the molecule is CC(C)CC[SiH]1CCC(C(=O)Oc2ccc(C#N)cc2)CC1. The van der Waals surface area contributed by atoms with Crippen LogP contribution in [0.4, 0.5) is 0 Å². The number of hydrogen-bond donors (Lipinski definition) is 0. The first-order chi connectivity index (χ1) is 10.6. The van der Waals surface area contributed by atoms with Crippen LogP contribution in [0.2, 0.25) is 18.1 Å². The zero-order valence-electron chi connectivity index (χ0n) is 13.5. The molecule has 0 spiro atoms. The number of rotatable bonds is 5. The minimum Gasteiger partial charge on any atom is -0.426 e. The summed E-state index contributed by atoms with van der Waals surface area (Å²) in [7, 11) is -0.602. The average Bonchev–Trinajstić information content (AvgIpc) is 2.54. The number of hydrogen-bond acceptors (Lipinski definition) is 3. The summed E-state index contributed by atoms with van der Waals surface area (Å²) in [6.45, 7) is 4.57. The van der Waals surface area contributed by atoms with Gasteiger partial charge in [-0.3, -0.25) is 4.79 Å². The van der Waals surface area contributed by atoms with Crippen LogP contribution in [0.3, 0.4) is 0 Å². The van der Waals surface area contributed by atoms with E-state index in [0.29, 0.717) is 11.3 Å². The largest absolute Gasteiger partial charge is 0.426 e. The smallest absolute Gasteiger partial charge is 0.314 e. The topological polar surface area (TPSA) is 50.1 Å². The third kappa shape index (κ3) is 4.99. The Morgan fingerprint density at radius 3 is 2.50 bits per heavy atom. The van der Waals surface area contributed by atoms with E-state index in [0.717, 1.165) is 18.8 Å². The van der Waals surface area contributed by atoms with Crippen LogP contribution in [0.5, 0.6) is 5.75 Å². The molecular formula is C18H25NO2Si.